The van der Waals surface area contributed by atoms with E-state index in [2.05, 4.69) is 0 Å². The monoisotopic (exact) mass is 216 g/mol. The van der Waals surface area contributed by atoms with Crippen LogP contribution in [0.3, 0.4) is 0 Å². The van der Waals surface area contributed by atoms with Gasteiger partial charge in [-0.15, -0.1) is 0 Å². The van der Waals surface area contributed by atoms with Crippen molar-refractivity contribution in [3.8, 4) is 5.75 Å². The smallest absolute Gasteiger partial charge is 0.298 e. The normalized spacial score (nSPS) is 11.6. The van der Waals surface area contributed by atoms with Crippen LogP contribution in [-0.4, -0.2) is 18.1 Å². The summed E-state index contributed by atoms with van der Waals surface area (Å²) >= 11 is 0. The Morgan fingerprint density at radius 3 is 2.50 bits per heavy atom. The van der Waals surface area contributed by atoms with Gasteiger partial charge in [-0.2, -0.15) is 8.42 Å². The summed E-state index contributed by atoms with van der Waals surface area (Å²) in [6.07, 6.45) is 1.37. The summed E-state index contributed by atoms with van der Waals surface area (Å²) in [5.74, 6) is -0.350. The van der Waals surface area contributed by atoms with Gasteiger partial charge in [-0.3, -0.25) is 4.55 Å². The third-order valence-corrected chi connectivity index (χ3v) is 2.77. The second-order valence-electron chi connectivity index (χ2n) is 2.99. The second-order valence-corrected chi connectivity index (χ2v) is 4.38. The van der Waals surface area contributed by atoms with E-state index in [9.17, 15) is 13.5 Å². The summed E-state index contributed by atoms with van der Waals surface area (Å²) in [6.45, 7) is 1.92. The summed E-state index contributed by atoms with van der Waals surface area (Å²) in [5.41, 5.74) is 0.530. The molecule has 0 saturated heterocycles. The number of aromatic hydroxyl groups is 1. The fourth-order valence-corrected chi connectivity index (χ4v) is 1.87. The molecule has 1 rings (SSSR count). The standard InChI is InChI=1S/C9H12O4S/c1-2-4-7-5-3-6-8(9(7)10)14(11,12)13/h3,5-6,10H,2,4H2,1H3,(H,11,12,13). The number of benzene rings is 1. The summed E-state index contributed by atoms with van der Waals surface area (Å²) < 4.78 is 30.4. The van der Waals surface area contributed by atoms with E-state index < -0.39 is 15.0 Å². The van der Waals surface area contributed by atoms with Crippen LogP contribution >= 0.6 is 0 Å². The van der Waals surface area contributed by atoms with Crippen LogP contribution < -0.4 is 0 Å². The highest BCUT2D eigenvalue weighted by Gasteiger charge is 2.16. The summed E-state index contributed by atoms with van der Waals surface area (Å²) in [5, 5.41) is 9.52. The molecule has 78 valence electrons. The zero-order valence-corrected chi connectivity index (χ0v) is 8.58. The quantitative estimate of drug-likeness (QED) is 0.752. The van der Waals surface area contributed by atoms with Crippen LogP contribution in [0.25, 0.3) is 0 Å². The molecule has 4 nitrogen and oxygen atoms in total. The van der Waals surface area contributed by atoms with Crippen LogP contribution in [0, 0.1) is 0 Å². The number of hydrogen-bond donors (Lipinski definition) is 2. The highest BCUT2D eigenvalue weighted by Crippen LogP contribution is 2.27. The van der Waals surface area contributed by atoms with Gasteiger partial charge >= 0.3 is 0 Å². The average molecular weight is 216 g/mol. The van der Waals surface area contributed by atoms with Gasteiger partial charge in [-0.05, 0) is 18.1 Å². The largest absolute Gasteiger partial charge is 0.506 e. The van der Waals surface area contributed by atoms with E-state index >= 15 is 0 Å². The zero-order chi connectivity index (χ0) is 10.8. The Morgan fingerprint density at radius 2 is 2.00 bits per heavy atom. The van der Waals surface area contributed by atoms with E-state index in [1.165, 1.54) is 12.1 Å². The van der Waals surface area contributed by atoms with Crippen LogP contribution in [0.2, 0.25) is 0 Å². The minimum absolute atomic E-state index is 0.350. The first-order valence-corrected chi connectivity index (χ1v) is 5.69. The third kappa shape index (κ3) is 2.24. The van der Waals surface area contributed by atoms with Crippen molar-refractivity contribution < 1.29 is 18.1 Å². The Labute approximate surface area is 82.9 Å². The van der Waals surface area contributed by atoms with E-state index in [1.54, 1.807) is 6.07 Å². The lowest BCUT2D eigenvalue weighted by Gasteiger charge is -2.06. The summed E-state index contributed by atoms with van der Waals surface area (Å²) in [4.78, 5) is -0.427. The molecule has 14 heavy (non-hydrogen) atoms. The van der Waals surface area contributed by atoms with Gasteiger partial charge in [0.15, 0.2) is 0 Å². The van der Waals surface area contributed by atoms with Gasteiger partial charge in [0.25, 0.3) is 10.1 Å². The van der Waals surface area contributed by atoms with Crippen LogP contribution in [0.5, 0.6) is 5.75 Å². The van der Waals surface area contributed by atoms with Crippen LogP contribution in [0.1, 0.15) is 18.9 Å². The van der Waals surface area contributed by atoms with Crippen molar-refractivity contribution in [2.24, 2.45) is 0 Å². The van der Waals surface area contributed by atoms with Crippen LogP contribution in [0.15, 0.2) is 23.1 Å². The van der Waals surface area contributed by atoms with Crippen molar-refractivity contribution >= 4 is 10.1 Å². The average Bonchev–Trinajstić information content (AvgIpc) is 2.07. The number of rotatable bonds is 3. The molecule has 1 aromatic carbocycles. The molecule has 0 spiro atoms. The molecule has 2 N–H and O–H groups in total. The minimum atomic E-state index is -4.32. The molecule has 0 amide bonds. The maximum Gasteiger partial charge on any atom is 0.298 e. The number of para-hydroxylation sites is 1. The molecule has 0 radical (unpaired) electrons. The molecular formula is C9H12O4S. The van der Waals surface area contributed by atoms with E-state index in [1.807, 2.05) is 6.92 Å². The molecule has 0 saturated carbocycles. The van der Waals surface area contributed by atoms with E-state index in [4.69, 9.17) is 4.55 Å². The lowest BCUT2D eigenvalue weighted by molar-refractivity contribution is 0.437. The Kier molecular flexibility index (Phi) is 3.13. The molecule has 0 unspecified atom stereocenters. The predicted octanol–water partition coefficient (Wildman–Crippen LogP) is 1.59. The molecule has 0 atom stereocenters. The Bertz CT molecular complexity index is 422. The Morgan fingerprint density at radius 1 is 1.36 bits per heavy atom. The van der Waals surface area contributed by atoms with Gasteiger partial charge in [0.05, 0.1) is 0 Å². The van der Waals surface area contributed by atoms with Crippen molar-refractivity contribution in [2.45, 2.75) is 24.7 Å². The first-order valence-electron chi connectivity index (χ1n) is 4.25. The van der Waals surface area contributed by atoms with Crippen LogP contribution in [0.4, 0.5) is 0 Å². The van der Waals surface area contributed by atoms with Crippen molar-refractivity contribution in [2.75, 3.05) is 0 Å². The molecular weight excluding hydrogens is 204 g/mol. The lowest BCUT2D eigenvalue weighted by atomic mass is 10.1. The number of phenolic OH excluding ortho intramolecular Hbond substituents is 1. The minimum Gasteiger partial charge on any atom is -0.506 e. The van der Waals surface area contributed by atoms with Crippen molar-refractivity contribution in [3.63, 3.8) is 0 Å². The SMILES string of the molecule is CCCc1cccc(S(=O)(=O)O)c1O. The molecule has 0 bridgehead atoms. The number of aryl methyl sites for hydroxylation is 1. The summed E-state index contributed by atoms with van der Waals surface area (Å²) in [6, 6.07) is 4.30. The fourth-order valence-electron chi connectivity index (χ4n) is 1.25. The maximum absolute atomic E-state index is 10.8. The molecule has 0 fully saturated rings. The Balaban J connectivity index is 3.28. The van der Waals surface area contributed by atoms with Crippen molar-refractivity contribution in [1.29, 1.82) is 0 Å². The van der Waals surface area contributed by atoms with Crippen molar-refractivity contribution in [1.82, 2.24) is 0 Å². The van der Waals surface area contributed by atoms with Crippen LogP contribution in [-0.2, 0) is 16.5 Å². The van der Waals surface area contributed by atoms with Gasteiger partial charge in [0.2, 0.25) is 0 Å². The van der Waals surface area contributed by atoms with Gasteiger partial charge < -0.3 is 5.11 Å². The molecule has 0 aliphatic rings. The highest BCUT2D eigenvalue weighted by molar-refractivity contribution is 7.86. The maximum atomic E-state index is 10.8. The zero-order valence-electron chi connectivity index (χ0n) is 7.77. The second kappa shape index (κ2) is 3.98. The summed E-state index contributed by atoms with van der Waals surface area (Å²) in [7, 11) is -4.32. The molecule has 0 aromatic heterocycles. The van der Waals surface area contributed by atoms with E-state index in [-0.39, 0.29) is 5.75 Å². The topological polar surface area (TPSA) is 74.6 Å². The molecule has 5 heteroatoms. The van der Waals surface area contributed by atoms with Gasteiger partial charge in [0.1, 0.15) is 10.6 Å². The third-order valence-electron chi connectivity index (χ3n) is 1.88. The number of phenols is 1. The van der Waals surface area contributed by atoms with E-state index in [0.29, 0.717) is 12.0 Å². The van der Waals surface area contributed by atoms with Crippen molar-refractivity contribution in [3.05, 3.63) is 23.8 Å². The molecule has 0 aliphatic heterocycles. The highest BCUT2D eigenvalue weighted by atomic mass is 32.2. The first kappa shape index (κ1) is 11.0. The number of hydrogen-bond acceptors (Lipinski definition) is 3. The van der Waals surface area contributed by atoms with Gasteiger partial charge in [-0.25, -0.2) is 0 Å². The molecule has 0 heterocycles. The Hall–Kier alpha value is -1.07. The lowest BCUT2D eigenvalue weighted by Crippen LogP contribution is -2.00. The molecule has 1 aromatic rings. The molecule has 0 aliphatic carbocycles. The van der Waals surface area contributed by atoms with Gasteiger partial charge in [-0.1, -0.05) is 25.5 Å². The predicted molar refractivity (Wildman–Crippen MR) is 51.9 cm³/mol. The first-order chi connectivity index (χ1) is 6.46. The van der Waals surface area contributed by atoms with E-state index in [0.717, 1.165) is 6.42 Å². The van der Waals surface area contributed by atoms with Gasteiger partial charge in [0, 0.05) is 0 Å². The fraction of sp³-hybridized carbons (Fsp3) is 0.333.